The van der Waals surface area contributed by atoms with Gasteiger partial charge in [0, 0.05) is 40.3 Å². The molecule has 188 valence electrons. The van der Waals surface area contributed by atoms with Crippen LogP contribution in [0.2, 0.25) is 0 Å². The second-order valence-corrected chi connectivity index (χ2v) is 9.53. The lowest BCUT2D eigenvalue weighted by Crippen LogP contribution is -2.56. The third-order valence-corrected chi connectivity index (χ3v) is 7.61. The quantitative estimate of drug-likeness (QED) is 0.224. The number of amides is 2. The molecule has 0 bridgehead atoms. The molecule has 2 amide bonds. The average Bonchev–Trinajstić information content (AvgIpc) is 3.53. The largest absolute Gasteiger partial charge is 0.394 e. The fourth-order valence-corrected chi connectivity index (χ4v) is 5.86. The standard InChI is InChI=1S/C26H22N4O7/c1-29-24(35)16-14-10-5-2-3-7-12(10)28-18(14)19-15(17(16)25(29)36)11-6-4-8-27-23(11)30(19)26-22(34)21(33)20(32)13(9-31)37-26/h2-8,13,20-22,26,28,31-34H,9H2,1H3. The van der Waals surface area contributed by atoms with Gasteiger partial charge in [-0.2, -0.15) is 0 Å². The van der Waals surface area contributed by atoms with E-state index >= 15 is 0 Å². The molecule has 2 aromatic carbocycles. The lowest BCUT2D eigenvalue weighted by Gasteiger charge is -2.40. The normalized spacial score (nSPS) is 26.3. The molecule has 3 aromatic heterocycles. The first-order valence-corrected chi connectivity index (χ1v) is 11.8. The molecule has 1 saturated heterocycles. The number of benzene rings is 2. The van der Waals surface area contributed by atoms with E-state index in [0.29, 0.717) is 32.8 Å². The van der Waals surface area contributed by atoms with E-state index in [1.54, 1.807) is 22.9 Å². The SMILES string of the molecule is CN1C(=O)c2c(c3c4cccnc4n(C4OC(CO)C(O)C(O)C4O)c3c3[nH]c4ccccc4c23)C1=O. The van der Waals surface area contributed by atoms with Crippen molar-refractivity contribution in [2.75, 3.05) is 13.7 Å². The molecule has 0 saturated carbocycles. The number of carbonyl (C=O) groups excluding carboxylic acids is 2. The maximum absolute atomic E-state index is 13.5. The third kappa shape index (κ3) is 2.69. The maximum atomic E-state index is 13.5. The van der Waals surface area contributed by atoms with Crippen LogP contribution in [0.1, 0.15) is 26.9 Å². The van der Waals surface area contributed by atoms with Gasteiger partial charge in [0.1, 0.15) is 30.1 Å². The van der Waals surface area contributed by atoms with Crippen molar-refractivity contribution in [3.8, 4) is 0 Å². The molecule has 0 spiro atoms. The summed E-state index contributed by atoms with van der Waals surface area (Å²) in [6.45, 7) is -0.596. The molecular weight excluding hydrogens is 480 g/mol. The number of fused-ring (bicyclic) bond motifs is 10. The minimum absolute atomic E-state index is 0.223. The van der Waals surface area contributed by atoms with Crippen LogP contribution in [-0.4, -0.2) is 89.7 Å². The highest BCUT2D eigenvalue weighted by atomic mass is 16.6. The third-order valence-electron chi connectivity index (χ3n) is 7.61. The van der Waals surface area contributed by atoms with Crippen molar-refractivity contribution in [1.29, 1.82) is 0 Å². The summed E-state index contributed by atoms with van der Waals surface area (Å²) in [5, 5.41) is 44.1. The molecule has 0 radical (unpaired) electrons. The van der Waals surface area contributed by atoms with Crippen LogP contribution >= 0.6 is 0 Å². The highest BCUT2D eigenvalue weighted by Gasteiger charge is 2.47. The van der Waals surface area contributed by atoms with Crippen LogP contribution in [-0.2, 0) is 4.74 Å². The van der Waals surface area contributed by atoms with Crippen molar-refractivity contribution in [2.45, 2.75) is 30.6 Å². The Kier molecular flexibility index (Phi) is 4.57. The number of aliphatic hydroxyl groups is 4. The summed E-state index contributed by atoms with van der Waals surface area (Å²) in [6.07, 6.45) is -5.63. The van der Waals surface area contributed by atoms with E-state index in [1.165, 1.54) is 7.05 Å². The van der Waals surface area contributed by atoms with Crippen LogP contribution in [0.3, 0.4) is 0 Å². The van der Waals surface area contributed by atoms with Gasteiger partial charge >= 0.3 is 0 Å². The molecule has 5 atom stereocenters. The number of hydrogen-bond acceptors (Lipinski definition) is 8. The van der Waals surface area contributed by atoms with Crippen LogP contribution in [0.25, 0.3) is 43.7 Å². The lowest BCUT2D eigenvalue weighted by atomic mass is 9.96. The molecule has 2 aliphatic heterocycles. The van der Waals surface area contributed by atoms with Gasteiger partial charge in [-0.05, 0) is 18.2 Å². The first-order valence-electron chi connectivity index (χ1n) is 11.8. The number of aromatic nitrogens is 3. The van der Waals surface area contributed by atoms with Crippen molar-refractivity contribution in [3.05, 3.63) is 53.7 Å². The molecular formula is C26H22N4O7. The number of aromatic amines is 1. The van der Waals surface area contributed by atoms with E-state index in [0.717, 1.165) is 15.8 Å². The summed E-state index contributed by atoms with van der Waals surface area (Å²) in [7, 11) is 1.44. The number of nitrogens with one attached hydrogen (secondary N) is 1. The predicted octanol–water partition coefficient (Wildman–Crippen LogP) is 1.02. The molecule has 37 heavy (non-hydrogen) atoms. The molecule has 11 nitrogen and oxygen atoms in total. The van der Waals surface area contributed by atoms with Crippen molar-refractivity contribution < 1.29 is 34.8 Å². The summed E-state index contributed by atoms with van der Waals surface area (Å²) in [6, 6.07) is 10.9. The van der Waals surface area contributed by atoms with Gasteiger partial charge in [-0.1, -0.05) is 18.2 Å². The van der Waals surface area contributed by atoms with Crippen LogP contribution < -0.4 is 0 Å². The number of ether oxygens (including phenoxy) is 1. The van der Waals surface area contributed by atoms with Gasteiger partial charge in [0.2, 0.25) is 0 Å². The first kappa shape index (κ1) is 22.3. The number of hydrogen-bond donors (Lipinski definition) is 5. The lowest BCUT2D eigenvalue weighted by molar-refractivity contribution is -0.249. The number of aliphatic hydroxyl groups excluding tert-OH is 4. The van der Waals surface area contributed by atoms with Gasteiger partial charge in [0.15, 0.2) is 6.23 Å². The Labute approximate surface area is 208 Å². The van der Waals surface area contributed by atoms with Gasteiger partial charge in [0.05, 0.1) is 28.8 Å². The highest BCUT2D eigenvalue weighted by Crippen LogP contribution is 2.46. The predicted molar refractivity (Wildman–Crippen MR) is 132 cm³/mol. The molecule has 0 aliphatic carbocycles. The van der Waals surface area contributed by atoms with E-state index in [-0.39, 0.29) is 11.1 Å². The van der Waals surface area contributed by atoms with Crippen molar-refractivity contribution in [1.82, 2.24) is 19.4 Å². The van der Waals surface area contributed by atoms with Crippen molar-refractivity contribution in [3.63, 3.8) is 0 Å². The minimum atomic E-state index is -1.62. The molecule has 2 aliphatic rings. The summed E-state index contributed by atoms with van der Waals surface area (Å²) >= 11 is 0. The van der Waals surface area contributed by atoms with E-state index in [9.17, 15) is 30.0 Å². The molecule has 5 N–H and O–H groups in total. The van der Waals surface area contributed by atoms with Crippen molar-refractivity contribution in [2.24, 2.45) is 0 Å². The van der Waals surface area contributed by atoms with E-state index in [2.05, 4.69) is 9.97 Å². The highest BCUT2D eigenvalue weighted by molar-refractivity contribution is 6.39. The van der Waals surface area contributed by atoms with Gasteiger partial charge in [-0.3, -0.25) is 19.1 Å². The monoisotopic (exact) mass is 502 g/mol. The Balaban J connectivity index is 1.71. The number of nitrogens with zero attached hydrogens (tertiary/aromatic N) is 3. The van der Waals surface area contributed by atoms with E-state index in [1.807, 2.05) is 24.3 Å². The van der Waals surface area contributed by atoms with E-state index < -0.39 is 49.1 Å². The zero-order valence-electron chi connectivity index (χ0n) is 19.5. The molecule has 5 unspecified atom stereocenters. The van der Waals surface area contributed by atoms with Gasteiger partial charge < -0.3 is 30.1 Å². The maximum Gasteiger partial charge on any atom is 0.262 e. The Morgan fingerprint density at radius 3 is 2.41 bits per heavy atom. The number of imide groups is 1. The van der Waals surface area contributed by atoms with Crippen LogP contribution in [0, 0.1) is 0 Å². The van der Waals surface area contributed by atoms with E-state index in [4.69, 9.17) is 4.74 Å². The zero-order chi connectivity index (χ0) is 25.7. The number of para-hydroxylation sites is 1. The average molecular weight is 502 g/mol. The number of H-pyrrole nitrogens is 1. The van der Waals surface area contributed by atoms with Crippen molar-refractivity contribution >= 4 is 55.6 Å². The van der Waals surface area contributed by atoms with Gasteiger partial charge in [0.25, 0.3) is 11.8 Å². The molecule has 1 fully saturated rings. The van der Waals surface area contributed by atoms with Gasteiger partial charge in [-0.25, -0.2) is 4.98 Å². The Bertz CT molecular complexity index is 1790. The minimum Gasteiger partial charge on any atom is -0.394 e. The second-order valence-electron chi connectivity index (χ2n) is 9.53. The fourth-order valence-electron chi connectivity index (χ4n) is 5.86. The van der Waals surface area contributed by atoms with Gasteiger partial charge in [-0.15, -0.1) is 0 Å². The first-order chi connectivity index (χ1) is 17.8. The zero-order valence-corrected chi connectivity index (χ0v) is 19.5. The number of pyridine rings is 1. The van der Waals surface area contributed by atoms with Crippen LogP contribution in [0.5, 0.6) is 0 Å². The van der Waals surface area contributed by atoms with Crippen LogP contribution in [0.15, 0.2) is 42.6 Å². The molecule has 5 heterocycles. The summed E-state index contributed by atoms with van der Waals surface area (Å²) in [5.41, 5.74) is 2.55. The smallest absolute Gasteiger partial charge is 0.262 e. The Morgan fingerprint density at radius 2 is 1.65 bits per heavy atom. The second kappa shape index (κ2) is 7.57. The topological polar surface area (TPSA) is 161 Å². The van der Waals surface area contributed by atoms with Crippen LogP contribution in [0.4, 0.5) is 0 Å². The molecule has 7 rings (SSSR count). The summed E-state index contributed by atoms with van der Waals surface area (Å²) in [4.78, 5) is 35.8. The number of rotatable bonds is 2. The summed E-state index contributed by atoms with van der Waals surface area (Å²) in [5.74, 6) is -0.886. The Hall–Kier alpha value is -3.87. The fraction of sp³-hybridized carbons (Fsp3) is 0.269. The number of carbonyl (C=O) groups is 2. The molecule has 11 heteroatoms. The Morgan fingerprint density at radius 1 is 0.946 bits per heavy atom. The molecule has 5 aromatic rings. The summed E-state index contributed by atoms with van der Waals surface area (Å²) < 4.78 is 7.51.